The zero-order valence-corrected chi connectivity index (χ0v) is 16.7. The van der Waals surface area contributed by atoms with Crippen LogP contribution in [-0.2, 0) is 26.3 Å². The number of benzene rings is 2. The molecule has 4 heteroatoms. The topological polar surface area (TPSA) is 59.3 Å². The molecule has 0 bridgehead atoms. The molecule has 0 unspecified atom stereocenters. The van der Waals surface area contributed by atoms with E-state index >= 15 is 0 Å². The summed E-state index contributed by atoms with van der Waals surface area (Å²) < 4.78 is 2.00. The van der Waals surface area contributed by atoms with Crippen LogP contribution in [0.25, 0.3) is 6.08 Å². The Morgan fingerprint density at radius 1 is 1.07 bits per heavy atom. The molecule has 1 aliphatic rings. The quantitative estimate of drug-likeness (QED) is 0.683. The molecular weight excluding hydrogens is 374 g/mol. The summed E-state index contributed by atoms with van der Waals surface area (Å²) in [7, 11) is 1.95. The summed E-state index contributed by atoms with van der Waals surface area (Å²) in [6.45, 7) is 0. The molecule has 0 saturated heterocycles. The highest BCUT2D eigenvalue weighted by atomic mass is 16.4. The fourth-order valence-corrected chi connectivity index (χ4v) is 3.69. The SMILES string of the molecule is Cn1cc(Cc2ccc(C(=O)O)cc2)c(=O)c2c1CC(C#CCc1ccccc1)=C2. The number of carbonyl (C=O) groups is 1. The van der Waals surface area contributed by atoms with Crippen molar-refractivity contribution in [2.75, 3.05) is 0 Å². The van der Waals surface area contributed by atoms with Gasteiger partial charge in [-0.05, 0) is 29.3 Å². The van der Waals surface area contributed by atoms with Crippen molar-refractivity contribution in [3.05, 3.63) is 110 Å². The largest absolute Gasteiger partial charge is 0.478 e. The second kappa shape index (κ2) is 8.26. The molecule has 0 aliphatic heterocycles. The van der Waals surface area contributed by atoms with Gasteiger partial charge in [0.1, 0.15) is 0 Å². The van der Waals surface area contributed by atoms with Gasteiger partial charge in [-0.2, -0.15) is 0 Å². The number of hydrogen-bond acceptors (Lipinski definition) is 2. The van der Waals surface area contributed by atoms with E-state index in [1.807, 2.05) is 42.1 Å². The second-order valence-corrected chi connectivity index (χ2v) is 7.44. The van der Waals surface area contributed by atoms with E-state index in [2.05, 4.69) is 24.0 Å². The van der Waals surface area contributed by atoms with Gasteiger partial charge < -0.3 is 9.67 Å². The van der Waals surface area contributed by atoms with E-state index in [1.54, 1.807) is 24.3 Å². The van der Waals surface area contributed by atoms with Crippen LogP contribution < -0.4 is 5.43 Å². The number of pyridine rings is 1. The average Bonchev–Trinajstić information content (AvgIpc) is 3.18. The van der Waals surface area contributed by atoms with Crippen molar-refractivity contribution in [2.45, 2.75) is 19.3 Å². The summed E-state index contributed by atoms with van der Waals surface area (Å²) >= 11 is 0. The Balaban J connectivity index is 1.56. The molecule has 0 atom stereocenters. The van der Waals surface area contributed by atoms with Crippen molar-refractivity contribution in [2.24, 2.45) is 7.05 Å². The van der Waals surface area contributed by atoms with Gasteiger partial charge in [-0.3, -0.25) is 4.79 Å². The van der Waals surface area contributed by atoms with Crippen LogP contribution >= 0.6 is 0 Å². The van der Waals surface area contributed by atoms with Crippen LogP contribution in [0.15, 0.2) is 71.2 Å². The molecule has 4 nitrogen and oxygen atoms in total. The first-order chi connectivity index (χ1) is 14.5. The van der Waals surface area contributed by atoms with Crippen LogP contribution in [0.4, 0.5) is 0 Å². The molecule has 0 saturated carbocycles. The molecule has 0 spiro atoms. The Bertz CT molecular complexity index is 1250. The maximum absolute atomic E-state index is 13.0. The predicted octanol–water partition coefficient (Wildman–Crippen LogP) is 3.86. The molecule has 1 aliphatic carbocycles. The van der Waals surface area contributed by atoms with Crippen molar-refractivity contribution in [3.63, 3.8) is 0 Å². The summed E-state index contributed by atoms with van der Waals surface area (Å²) in [5.41, 5.74) is 5.67. The number of carboxylic acids is 1. The third kappa shape index (κ3) is 4.11. The number of hydrogen-bond donors (Lipinski definition) is 1. The third-order valence-electron chi connectivity index (χ3n) is 5.28. The first-order valence-corrected chi connectivity index (χ1v) is 9.78. The van der Waals surface area contributed by atoms with Gasteiger partial charge in [0, 0.05) is 54.9 Å². The number of rotatable bonds is 4. The van der Waals surface area contributed by atoms with Crippen LogP contribution in [0.3, 0.4) is 0 Å². The first kappa shape index (κ1) is 19.5. The molecule has 0 amide bonds. The molecule has 3 aromatic rings. The third-order valence-corrected chi connectivity index (χ3v) is 5.28. The highest BCUT2D eigenvalue weighted by Gasteiger charge is 2.19. The van der Waals surface area contributed by atoms with E-state index < -0.39 is 5.97 Å². The van der Waals surface area contributed by atoms with Crippen molar-refractivity contribution in [3.8, 4) is 11.8 Å². The number of aromatic carboxylic acids is 1. The number of nitrogens with zero attached hydrogens (tertiary/aromatic N) is 1. The van der Waals surface area contributed by atoms with E-state index in [0.717, 1.165) is 16.8 Å². The Morgan fingerprint density at radius 3 is 2.50 bits per heavy atom. The maximum Gasteiger partial charge on any atom is 0.335 e. The van der Waals surface area contributed by atoms with Gasteiger partial charge in [-0.1, -0.05) is 54.3 Å². The maximum atomic E-state index is 13.0. The fourth-order valence-electron chi connectivity index (χ4n) is 3.69. The van der Waals surface area contributed by atoms with E-state index in [-0.39, 0.29) is 11.0 Å². The Morgan fingerprint density at radius 2 is 1.80 bits per heavy atom. The minimum atomic E-state index is -0.957. The molecule has 2 aromatic carbocycles. The smallest absolute Gasteiger partial charge is 0.335 e. The molecule has 4 rings (SSSR count). The monoisotopic (exact) mass is 395 g/mol. The zero-order chi connectivity index (χ0) is 21.1. The summed E-state index contributed by atoms with van der Waals surface area (Å²) in [5.74, 6) is 5.47. The number of allylic oxidation sites excluding steroid dienone is 1. The fraction of sp³-hybridized carbons (Fsp3) is 0.154. The minimum Gasteiger partial charge on any atom is -0.478 e. The number of aryl methyl sites for hydroxylation is 1. The normalized spacial score (nSPS) is 12.0. The van der Waals surface area contributed by atoms with Crippen LogP contribution in [0.5, 0.6) is 0 Å². The van der Waals surface area contributed by atoms with Gasteiger partial charge in [0.25, 0.3) is 0 Å². The van der Waals surface area contributed by atoms with E-state index in [9.17, 15) is 9.59 Å². The lowest BCUT2D eigenvalue weighted by Gasteiger charge is -2.11. The molecule has 0 radical (unpaired) electrons. The molecule has 1 N–H and O–H groups in total. The molecule has 0 fully saturated rings. The van der Waals surface area contributed by atoms with Gasteiger partial charge >= 0.3 is 5.97 Å². The Kier molecular flexibility index (Phi) is 5.36. The van der Waals surface area contributed by atoms with Crippen LogP contribution in [0, 0.1) is 11.8 Å². The lowest BCUT2D eigenvalue weighted by atomic mass is 10.0. The van der Waals surface area contributed by atoms with Gasteiger partial charge in [0.15, 0.2) is 5.43 Å². The predicted molar refractivity (Wildman–Crippen MR) is 117 cm³/mol. The Hall–Kier alpha value is -3.84. The molecule has 1 aromatic heterocycles. The van der Waals surface area contributed by atoms with E-state index in [4.69, 9.17) is 5.11 Å². The van der Waals surface area contributed by atoms with Crippen molar-refractivity contribution in [1.82, 2.24) is 4.57 Å². The Labute approximate surface area is 175 Å². The first-order valence-electron chi connectivity index (χ1n) is 9.78. The number of aromatic nitrogens is 1. The van der Waals surface area contributed by atoms with Gasteiger partial charge in [-0.25, -0.2) is 4.79 Å². The van der Waals surface area contributed by atoms with Gasteiger partial charge in [0.2, 0.25) is 0 Å². The summed E-state index contributed by atoms with van der Waals surface area (Å²) in [5, 5.41) is 9.03. The molecule has 1 heterocycles. The summed E-state index contributed by atoms with van der Waals surface area (Å²) in [4.78, 5) is 24.0. The van der Waals surface area contributed by atoms with Crippen LogP contribution in [-0.4, -0.2) is 15.6 Å². The van der Waals surface area contributed by atoms with Gasteiger partial charge in [-0.15, -0.1) is 0 Å². The number of carboxylic acid groups (broad SMARTS) is 1. The van der Waals surface area contributed by atoms with Crippen LogP contribution in [0.1, 0.15) is 38.3 Å². The summed E-state index contributed by atoms with van der Waals surface area (Å²) in [6, 6.07) is 16.7. The standard InChI is InChI=1S/C26H21NO3/c1-27-17-22(14-19-10-12-21(13-11-19)26(29)30)25(28)23-15-20(16-24(23)27)9-5-8-18-6-3-2-4-7-18/h2-4,6-7,10-13,15,17H,8,14,16H2,1H3,(H,29,30). The lowest BCUT2D eigenvalue weighted by molar-refractivity contribution is 0.0697. The lowest BCUT2D eigenvalue weighted by Crippen LogP contribution is -2.18. The average molecular weight is 395 g/mol. The van der Waals surface area contributed by atoms with Crippen molar-refractivity contribution >= 4 is 12.0 Å². The van der Waals surface area contributed by atoms with Crippen molar-refractivity contribution < 1.29 is 9.90 Å². The van der Waals surface area contributed by atoms with Crippen LogP contribution in [0.2, 0.25) is 0 Å². The van der Waals surface area contributed by atoms with Gasteiger partial charge in [0.05, 0.1) is 5.56 Å². The highest BCUT2D eigenvalue weighted by Crippen LogP contribution is 2.23. The zero-order valence-electron chi connectivity index (χ0n) is 16.7. The summed E-state index contributed by atoms with van der Waals surface area (Å²) in [6.07, 6.45) is 5.59. The van der Waals surface area contributed by atoms with E-state index in [1.165, 1.54) is 5.56 Å². The molecule has 148 valence electrons. The van der Waals surface area contributed by atoms with E-state index in [0.29, 0.717) is 30.4 Å². The minimum absolute atomic E-state index is 0.0188. The second-order valence-electron chi connectivity index (χ2n) is 7.44. The van der Waals surface area contributed by atoms with Crippen molar-refractivity contribution in [1.29, 1.82) is 0 Å². The molecular formula is C26H21NO3. The number of fused-ring (bicyclic) bond motifs is 1. The molecule has 30 heavy (non-hydrogen) atoms. The highest BCUT2D eigenvalue weighted by molar-refractivity contribution is 5.87.